The van der Waals surface area contributed by atoms with E-state index >= 15 is 0 Å². The minimum Gasteiger partial charge on any atom is -0.359 e. The lowest BCUT2D eigenvalue weighted by atomic mass is 9.90. The van der Waals surface area contributed by atoms with Crippen LogP contribution in [0, 0.1) is 11.7 Å². The molecule has 190 valence electrons. The molecule has 0 aromatic heterocycles. The Morgan fingerprint density at radius 1 is 1.03 bits per heavy atom. The molecule has 1 amide bonds. The van der Waals surface area contributed by atoms with E-state index in [4.69, 9.17) is 23.2 Å². The van der Waals surface area contributed by atoms with Crippen LogP contribution in [-0.2, 0) is 17.5 Å². The summed E-state index contributed by atoms with van der Waals surface area (Å²) in [6.07, 6.45) is -8.60. The van der Waals surface area contributed by atoms with Crippen molar-refractivity contribution in [2.75, 3.05) is 11.4 Å². The Labute approximate surface area is 206 Å². The second-order valence-electron chi connectivity index (χ2n) is 8.70. The number of nitrogens with zero attached hydrogens (tertiary/aromatic N) is 1. The number of rotatable bonds is 5. The second-order valence-corrected chi connectivity index (χ2v) is 9.54. The zero-order valence-corrected chi connectivity index (χ0v) is 19.4. The van der Waals surface area contributed by atoms with Crippen LogP contribution in [0.1, 0.15) is 41.9 Å². The first-order chi connectivity index (χ1) is 16.3. The average molecular weight is 543 g/mol. The summed E-state index contributed by atoms with van der Waals surface area (Å²) in [7, 11) is 0. The highest BCUT2D eigenvalue weighted by molar-refractivity contribution is 6.34. The number of benzene rings is 2. The fraction of sp³-hybridized carbons (Fsp3) is 0.435. The number of anilines is 1. The van der Waals surface area contributed by atoms with Crippen molar-refractivity contribution in [1.29, 1.82) is 0 Å². The van der Waals surface area contributed by atoms with E-state index in [-0.39, 0.29) is 46.6 Å². The molecular formula is C23H19Cl2F7N2O. The molecule has 35 heavy (non-hydrogen) atoms. The van der Waals surface area contributed by atoms with E-state index < -0.39 is 47.3 Å². The Morgan fingerprint density at radius 2 is 1.71 bits per heavy atom. The van der Waals surface area contributed by atoms with E-state index in [1.54, 1.807) is 0 Å². The largest absolute Gasteiger partial charge is 0.416 e. The van der Waals surface area contributed by atoms with Crippen molar-refractivity contribution >= 4 is 34.8 Å². The first-order valence-electron chi connectivity index (χ1n) is 10.7. The molecule has 2 atom stereocenters. The van der Waals surface area contributed by atoms with Gasteiger partial charge in [-0.25, -0.2) is 4.39 Å². The summed E-state index contributed by atoms with van der Waals surface area (Å²) in [5, 5.41) is 1.95. The summed E-state index contributed by atoms with van der Waals surface area (Å²) in [6.45, 7) is -0.671. The fourth-order valence-electron chi connectivity index (χ4n) is 4.49. The predicted octanol–water partition coefficient (Wildman–Crippen LogP) is 7.10. The molecule has 1 heterocycles. The van der Waals surface area contributed by atoms with Gasteiger partial charge in [-0.3, -0.25) is 4.79 Å². The Hall–Kier alpha value is -2.20. The number of nitrogens with one attached hydrogen (secondary N) is 1. The molecule has 1 aliphatic carbocycles. The van der Waals surface area contributed by atoms with E-state index in [0.29, 0.717) is 18.9 Å². The van der Waals surface area contributed by atoms with Gasteiger partial charge in [0, 0.05) is 35.6 Å². The van der Waals surface area contributed by atoms with Crippen molar-refractivity contribution in [3.8, 4) is 0 Å². The maximum atomic E-state index is 14.6. The van der Waals surface area contributed by atoms with Crippen LogP contribution in [0.5, 0.6) is 0 Å². The van der Waals surface area contributed by atoms with Gasteiger partial charge in [-0.1, -0.05) is 29.3 Å². The first-order valence-corrected chi connectivity index (χ1v) is 11.5. The van der Waals surface area contributed by atoms with E-state index in [2.05, 4.69) is 5.32 Å². The minimum absolute atomic E-state index is 0.0530. The Balaban J connectivity index is 1.69. The molecule has 2 aliphatic rings. The standard InChI is InChI=1S/C23H19Cl2F7N2O/c24-13-7-16(19(26)18(25)8-13)15-5-6-34(20(15)23(30,31)32)14-4-3-12(17(9-14)22(27,28)29)10-33-21(35)11-1-2-11/h3-4,7-9,11,15,20H,1-2,5-6,10H2,(H,33,35). The highest BCUT2D eigenvalue weighted by Gasteiger charge is 2.53. The van der Waals surface area contributed by atoms with E-state index in [1.807, 2.05) is 0 Å². The third-order valence-electron chi connectivity index (χ3n) is 6.29. The van der Waals surface area contributed by atoms with Gasteiger partial charge in [-0.05, 0) is 54.7 Å². The van der Waals surface area contributed by atoms with Crippen LogP contribution in [0.25, 0.3) is 0 Å². The summed E-state index contributed by atoms with van der Waals surface area (Å²) in [5.41, 5.74) is -2.06. The van der Waals surface area contributed by atoms with Crippen LogP contribution in [0.4, 0.5) is 36.4 Å². The third kappa shape index (κ3) is 5.48. The van der Waals surface area contributed by atoms with Crippen molar-refractivity contribution in [3.63, 3.8) is 0 Å². The molecule has 2 aromatic rings. The van der Waals surface area contributed by atoms with Crippen molar-refractivity contribution < 1.29 is 35.5 Å². The smallest absolute Gasteiger partial charge is 0.359 e. The SMILES string of the molecule is O=C(NCc1ccc(N2CCC(c3cc(Cl)cc(Cl)c3F)C2C(F)(F)F)cc1C(F)(F)F)C1CC1. The normalized spacial score (nSPS) is 20.9. The van der Waals surface area contributed by atoms with E-state index in [1.165, 1.54) is 0 Å². The van der Waals surface area contributed by atoms with Crippen molar-refractivity contribution in [2.45, 2.75) is 50.1 Å². The molecule has 2 fully saturated rings. The van der Waals surface area contributed by atoms with Crippen LogP contribution in [0.2, 0.25) is 10.0 Å². The summed E-state index contributed by atoms with van der Waals surface area (Å²) < 4.78 is 98.5. The molecule has 2 aromatic carbocycles. The summed E-state index contributed by atoms with van der Waals surface area (Å²) in [6, 6.07) is 2.67. The zero-order valence-electron chi connectivity index (χ0n) is 17.9. The van der Waals surface area contributed by atoms with Crippen molar-refractivity contribution in [1.82, 2.24) is 5.32 Å². The molecule has 12 heteroatoms. The number of amides is 1. The van der Waals surface area contributed by atoms with Gasteiger partial charge < -0.3 is 10.2 Å². The Kier molecular flexibility index (Phi) is 6.91. The first kappa shape index (κ1) is 25.9. The molecule has 1 aliphatic heterocycles. The van der Waals surface area contributed by atoms with Crippen LogP contribution < -0.4 is 10.2 Å². The number of carbonyl (C=O) groups excluding carboxylic acids is 1. The lowest BCUT2D eigenvalue weighted by Gasteiger charge is -2.32. The number of alkyl halides is 6. The molecule has 0 radical (unpaired) electrons. The van der Waals surface area contributed by atoms with Gasteiger partial charge in [0.15, 0.2) is 0 Å². The molecule has 1 saturated heterocycles. The highest BCUT2D eigenvalue weighted by Crippen LogP contribution is 2.47. The zero-order chi connectivity index (χ0) is 25.7. The Morgan fingerprint density at radius 3 is 2.31 bits per heavy atom. The maximum Gasteiger partial charge on any atom is 0.416 e. The van der Waals surface area contributed by atoms with Gasteiger partial charge in [0.25, 0.3) is 0 Å². The summed E-state index contributed by atoms with van der Waals surface area (Å²) >= 11 is 11.6. The molecule has 1 N–H and O–H groups in total. The second kappa shape index (κ2) is 9.35. The monoisotopic (exact) mass is 542 g/mol. The number of hydrogen-bond donors (Lipinski definition) is 1. The average Bonchev–Trinajstić information content (AvgIpc) is 3.51. The fourth-order valence-corrected chi connectivity index (χ4v) is 5.00. The van der Waals surface area contributed by atoms with Crippen molar-refractivity contribution in [3.05, 3.63) is 62.9 Å². The number of carbonyl (C=O) groups is 1. The molecule has 3 nitrogen and oxygen atoms in total. The van der Waals surface area contributed by atoms with Gasteiger partial charge in [0.1, 0.15) is 11.9 Å². The topological polar surface area (TPSA) is 32.3 Å². The molecule has 1 saturated carbocycles. The quantitative estimate of drug-likeness (QED) is 0.322. The van der Waals surface area contributed by atoms with Gasteiger partial charge in [-0.15, -0.1) is 0 Å². The van der Waals surface area contributed by atoms with Crippen LogP contribution in [0.15, 0.2) is 30.3 Å². The summed E-state index contributed by atoms with van der Waals surface area (Å²) in [5.74, 6) is -3.05. The van der Waals surface area contributed by atoms with E-state index in [0.717, 1.165) is 29.2 Å². The Bertz CT molecular complexity index is 1130. The van der Waals surface area contributed by atoms with Crippen LogP contribution in [0.3, 0.4) is 0 Å². The van der Waals surface area contributed by atoms with Gasteiger partial charge in [0.05, 0.1) is 10.6 Å². The number of halogens is 9. The lowest BCUT2D eigenvalue weighted by Crippen LogP contribution is -2.44. The number of hydrogen-bond acceptors (Lipinski definition) is 2. The lowest BCUT2D eigenvalue weighted by molar-refractivity contribution is -0.149. The predicted molar refractivity (Wildman–Crippen MR) is 117 cm³/mol. The minimum atomic E-state index is -4.89. The van der Waals surface area contributed by atoms with Crippen LogP contribution >= 0.6 is 23.2 Å². The third-order valence-corrected chi connectivity index (χ3v) is 6.78. The molecule has 4 rings (SSSR count). The molecule has 0 bridgehead atoms. The molecule has 2 unspecified atom stereocenters. The maximum absolute atomic E-state index is 14.6. The van der Waals surface area contributed by atoms with Gasteiger partial charge in [0.2, 0.25) is 5.91 Å². The van der Waals surface area contributed by atoms with Gasteiger partial charge >= 0.3 is 12.4 Å². The summed E-state index contributed by atoms with van der Waals surface area (Å²) in [4.78, 5) is 12.6. The molecular weight excluding hydrogens is 524 g/mol. The van der Waals surface area contributed by atoms with Crippen molar-refractivity contribution in [2.24, 2.45) is 5.92 Å². The van der Waals surface area contributed by atoms with E-state index in [9.17, 15) is 35.5 Å². The van der Waals surface area contributed by atoms with Crippen LogP contribution in [-0.4, -0.2) is 24.7 Å². The highest BCUT2D eigenvalue weighted by atomic mass is 35.5. The molecule has 0 spiro atoms. The van der Waals surface area contributed by atoms with Gasteiger partial charge in [-0.2, -0.15) is 26.3 Å².